The summed E-state index contributed by atoms with van der Waals surface area (Å²) in [6, 6.07) is 18.2. The van der Waals surface area contributed by atoms with Crippen molar-refractivity contribution in [1.82, 2.24) is 9.97 Å². The van der Waals surface area contributed by atoms with Crippen LogP contribution < -0.4 is 10.1 Å². The minimum atomic E-state index is -0.277. The van der Waals surface area contributed by atoms with Gasteiger partial charge in [0.15, 0.2) is 0 Å². The first-order valence-electron chi connectivity index (χ1n) is 10.1. The molecule has 3 aromatic rings. The molecule has 0 saturated carbocycles. The third-order valence-electron chi connectivity index (χ3n) is 4.70. The number of carbonyl (C=O) groups is 1. The molecule has 0 aliphatic carbocycles. The fourth-order valence-electron chi connectivity index (χ4n) is 3.08. The van der Waals surface area contributed by atoms with Crippen molar-refractivity contribution >= 4 is 11.6 Å². The summed E-state index contributed by atoms with van der Waals surface area (Å²) in [5.41, 5.74) is 3.24. The lowest BCUT2D eigenvalue weighted by Gasteiger charge is -2.18. The number of nitrogens with one attached hydrogen (secondary N) is 1. The maximum absolute atomic E-state index is 12.4. The summed E-state index contributed by atoms with van der Waals surface area (Å²) in [5, 5.41) is 2.87. The van der Waals surface area contributed by atoms with Gasteiger partial charge in [-0.2, -0.15) is 0 Å². The van der Waals surface area contributed by atoms with Gasteiger partial charge in [0.25, 0.3) is 5.91 Å². The van der Waals surface area contributed by atoms with Crippen LogP contribution in [0.2, 0.25) is 0 Å². The molecule has 0 bridgehead atoms. The summed E-state index contributed by atoms with van der Waals surface area (Å²) in [6.07, 6.45) is 6.15. The Hall–Kier alpha value is -3.25. The summed E-state index contributed by atoms with van der Waals surface area (Å²) in [7, 11) is 1.48. The van der Waals surface area contributed by atoms with E-state index in [1.165, 1.54) is 25.1 Å². The molecular weight excluding hydrogens is 378 g/mol. The van der Waals surface area contributed by atoms with Crippen molar-refractivity contribution in [3.05, 3.63) is 83.7 Å². The van der Waals surface area contributed by atoms with Crippen molar-refractivity contribution in [2.75, 3.05) is 12.4 Å². The predicted octanol–water partition coefficient (Wildman–Crippen LogP) is 5.19. The summed E-state index contributed by atoms with van der Waals surface area (Å²) in [5.74, 6) is -0.277. The molecule has 2 aromatic carbocycles. The van der Waals surface area contributed by atoms with Crippen LogP contribution in [0.3, 0.4) is 0 Å². The minimum absolute atomic E-state index is 0.0563. The fraction of sp³-hybridized carbons (Fsp3) is 0.292. The van der Waals surface area contributed by atoms with Gasteiger partial charge in [-0.1, -0.05) is 62.2 Å². The number of hydrogen-bond acceptors (Lipinski definition) is 5. The van der Waals surface area contributed by atoms with E-state index in [0.29, 0.717) is 17.9 Å². The fourth-order valence-corrected chi connectivity index (χ4v) is 3.08. The first kappa shape index (κ1) is 21.5. The van der Waals surface area contributed by atoms with E-state index in [2.05, 4.69) is 34.3 Å². The molecule has 156 valence electrons. The number of benzene rings is 2. The molecule has 1 heterocycles. The third-order valence-corrected chi connectivity index (χ3v) is 4.70. The monoisotopic (exact) mass is 405 g/mol. The van der Waals surface area contributed by atoms with E-state index < -0.39 is 0 Å². The Morgan fingerprint density at radius 2 is 1.83 bits per heavy atom. The van der Waals surface area contributed by atoms with Crippen LogP contribution in [0.15, 0.2) is 67.0 Å². The highest BCUT2D eigenvalue weighted by atomic mass is 16.5. The molecule has 30 heavy (non-hydrogen) atoms. The van der Waals surface area contributed by atoms with Crippen molar-refractivity contribution in [2.24, 2.45) is 0 Å². The number of carbonyl (C=O) groups excluding carboxylic acids is 1. The van der Waals surface area contributed by atoms with Gasteiger partial charge in [-0.05, 0) is 29.7 Å². The molecule has 1 N–H and O–H groups in total. The van der Waals surface area contributed by atoms with Gasteiger partial charge in [-0.25, -0.2) is 9.97 Å². The SMILES string of the molecule is CCCCC(OCc1cccc(NC(=O)c2cnc(OC)nc2)c1)c1ccccc1. The van der Waals surface area contributed by atoms with Crippen molar-refractivity contribution in [3.63, 3.8) is 0 Å². The van der Waals surface area contributed by atoms with Gasteiger partial charge in [0.2, 0.25) is 0 Å². The number of amides is 1. The molecule has 1 atom stereocenters. The highest BCUT2D eigenvalue weighted by molar-refractivity contribution is 6.03. The van der Waals surface area contributed by atoms with E-state index >= 15 is 0 Å². The van der Waals surface area contributed by atoms with Crippen LogP contribution >= 0.6 is 0 Å². The molecule has 0 spiro atoms. The maximum atomic E-state index is 12.4. The van der Waals surface area contributed by atoms with Crippen LogP contribution in [-0.4, -0.2) is 23.0 Å². The molecule has 0 radical (unpaired) electrons. The van der Waals surface area contributed by atoms with E-state index in [-0.39, 0.29) is 18.0 Å². The second-order valence-corrected chi connectivity index (χ2v) is 6.97. The van der Waals surface area contributed by atoms with Crippen LogP contribution in [-0.2, 0) is 11.3 Å². The Labute approximate surface area is 177 Å². The van der Waals surface area contributed by atoms with Gasteiger partial charge >= 0.3 is 6.01 Å². The molecule has 0 aliphatic rings. The molecular formula is C24H27N3O3. The zero-order valence-electron chi connectivity index (χ0n) is 17.4. The predicted molar refractivity (Wildman–Crippen MR) is 116 cm³/mol. The Morgan fingerprint density at radius 1 is 1.07 bits per heavy atom. The van der Waals surface area contributed by atoms with Gasteiger partial charge in [0.1, 0.15) is 0 Å². The van der Waals surface area contributed by atoms with E-state index in [1.807, 2.05) is 42.5 Å². The molecule has 0 fully saturated rings. The number of rotatable bonds is 10. The van der Waals surface area contributed by atoms with Crippen molar-refractivity contribution in [3.8, 4) is 6.01 Å². The van der Waals surface area contributed by atoms with E-state index in [9.17, 15) is 4.79 Å². The molecule has 1 unspecified atom stereocenters. The first-order valence-corrected chi connectivity index (χ1v) is 10.1. The zero-order valence-corrected chi connectivity index (χ0v) is 17.4. The molecule has 3 rings (SSSR count). The molecule has 6 heteroatoms. The van der Waals surface area contributed by atoms with Crippen molar-refractivity contribution in [2.45, 2.75) is 38.9 Å². The van der Waals surface area contributed by atoms with Crippen LogP contribution in [0.1, 0.15) is 53.8 Å². The zero-order chi connectivity index (χ0) is 21.2. The van der Waals surface area contributed by atoms with Gasteiger partial charge in [0.05, 0.1) is 25.4 Å². The van der Waals surface area contributed by atoms with Crippen LogP contribution in [0.25, 0.3) is 0 Å². The highest BCUT2D eigenvalue weighted by Gasteiger charge is 2.12. The number of hydrogen-bond donors (Lipinski definition) is 1. The van der Waals surface area contributed by atoms with Gasteiger partial charge in [-0.3, -0.25) is 4.79 Å². The Morgan fingerprint density at radius 3 is 2.53 bits per heavy atom. The summed E-state index contributed by atoms with van der Waals surface area (Å²) in [6.45, 7) is 2.65. The lowest BCUT2D eigenvalue weighted by molar-refractivity contribution is 0.0324. The third kappa shape index (κ3) is 6.12. The second kappa shape index (κ2) is 11.1. The quantitative estimate of drug-likeness (QED) is 0.503. The van der Waals surface area contributed by atoms with Crippen molar-refractivity contribution < 1.29 is 14.3 Å². The lowest BCUT2D eigenvalue weighted by atomic mass is 10.0. The summed E-state index contributed by atoms with van der Waals surface area (Å²) < 4.78 is 11.2. The number of ether oxygens (including phenoxy) is 2. The average Bonchev–Trinajstić information content (AvgIpc) is 2.80. The van der Waals surface area contributed by atoms with Gasteiger partial charge in [-0.15, -0.1) is 0 Å². The highest BCUT2D eigenvalue weighted by Crippen LogP contribution is 2.25. The molecule has 0 aliphatic heterocycles. The molecule has 1 amide bonds. The number of nitrogens with zero attached hydrogens (tertiary/aromatic N) is 2. The van der Waals surface area contributed by atoms with Crippen LogP contribution in [0, 0.1) is 0 Å². The number of unbranched alkanes of at least 4 members (excludes halogenated alkanes) is 1. The smallest absolute Gasteiger partial charge is 0.316 e. The lowest BCUT2D eigenvalue weighted by Crippen LogP contribution is -2.13. The van der Waals surface area contributed by atoms with Crippen molar-refractivity contribution in [1.29, 1.82) is 0 Å². The minimum Gasteiger partial charge on any atom is -0.467 e. The Bertz CT molecular complexity index is 930. The Kier molecular flexibility index (Phi) is 7.92. The molecule has 1 aromatic heterocycles. The summed E-state index contributed by atoms with van der Waals surface area (Å²) >= 11 is 0. The van der Waals surface area contributed by atoms with E-state index in [1.54, 1.807) is 0 Å². The van der Waals surface area contributed by atoms with E-state index in [4.69, 9.17) is 9.47 Å². The Balaban J connectivity index is 1.63. The normalized spacial score (nSPS) is 11.7. The second-order valence-electron chi connectivity index (χ2n) is 6.97. The first-order chi connectivity index (χ1) is 14.7. The number of aromatic nitrogens is 2. The van der Waals surface area contributed by atoms with Crippen LogP contribution in [0.4, 0.5) is 5.69 Å². The molecule has 6 nitrogen and oxygen atoms in total. The number of anilines is 1. The van der Waals surface area contributed by atoms with E-state index in [0.717, 1.165) is 24.8 Å². The standard InChI is InChI=1S/C24H27N3O3/c1-3-4-13-22(19-10-6-5-7-11-19)30-17-18-9-8-12-21(14-18)27-23(28)20-15-25-24(29-2)26-16-20/h5-12,14-16,22H,3-4,13,17H2,1-2H3,(H,27,28). The average molecular weight is 405 g/mol. The topological polar surface area (TPSA) is 73.3 Å². The largest absolute Gasteiger partial charge is 0.467 e. The number of methoxy groups -OCH3 is 1. The molecule has 0 saturated heterocycles. The summed E-state index contributed by atoms with van der Waals surface area (Å²) in [4.78, 5) is 20.4. The van der Waals surface area contributed by atoms with Gasteiger partial charge in [0, 0.05) is 18.1 Å². The van der Waals surface area contributed by atoms with Gasteiger partial charge < -0.3 is 14.8 Å². The van der Waals surface area contributed by atoms with Crippen LogP contribution in [0.5, 0.6) is 6.01 Å². The maximum Gasteiger partial charge on any atom is 0.316 e.